The van der Waals surface area contributed by atoms with E-state index in [9.17, 15) is 9.59 Å². The van der Waals surface area contributed by atoms with Crippen molar-refractivity contribution in [2.75, 3.05) is 16.9 Å². The molecule has 0 aromatic heterocycles. The SMILES string of the molecule is CCCCCC(=O)N(c1ccccc1)[C@@H]1C[C@@H](C)N(C(=O)c2ccc(OC)cc2)c2ccccc21. The number of amides is 2. The van der Waals surface area contributed by atoms with Gasteiger partial charge in [0.25, 0.3) is 5.91 Å². The lowest BCUT2D eigenvalue weighted by Crippen LogP contribution is -2.47. The van der Waals surface area contributed by atoms with Crippen molar-refractivity contribution in [3.8, 4) is 5.75 Å². The molecular formula is C30H34N2O3. The van der Waals surface area contributed by atoms with E-state index in [2.05, 4.69) is 19.9 Å². The summed E-state index contributed by atoms with van der Waals surface area (Å²) in [6.07, 6.45) is 4.17. The molecule has 0 unspecified atom stereocenters. The molecule has 2 atom stereocenters. The van der Waals surface area contributed by atoms with Gasteiger partial charge in [-0.05, 0) is 67.8 Å². The predicted molar refractivity (Wildman–Crippen MR) is 141 cm³/mol. The van der Waals surface area contributed by atoms with E-state index in [4.69, 9.17) is 4.74 Å². The average molecular weight is 471 g/mol. The largest absolute Gasteiger partial charge is 0.497 e. The third kappa shape index (κ3) is 5.24. The molecule has 5 nitrogen and oxygen atoms in total. The van der Waals surface area contributed by atoms with E-state index in [-0.39, 0.29) is 23.9 Å². The number of para-hydroxylation sites is 2. The van der Waals surface area contributed by atoms with Gasteiger partial charge in [0.15, 0.2) is 0 Å². The molecule has 0 aliphatic carbocycles. The number of unbranched alkanes of at least 4 members (excludes halogenated alkanes) is 2. The van der Waals surface area contributed by atoms with Crippen LogP contribution in [0.25, 0.3) is 0 Å². The highest BCUT2D eigenvalue weighted by atomic mass is 16.5. The van der Waals surface area contributed by atoms with Crippen LogP contribution in [0.15, 0.2) is 78.9 Å². The summed E-state index contributed by atoms with van der Waals surface area (Å²) in [5, 5.41) is 0. The monoisotopic (exact) mass is 470 g/mol. The topological polar surface area (TPSA) is 49.9 Å². The second-order valence-corrected chi connectivity index (χ2v) is 9.12. The summed E-state index contributed by atoms with van der Waals surface area (Å²) >= 11 is 0. The fourth-order valence-corrected chi connectivity index (χ4v) is 4.94. The first-order chi connectivity index (χ1) is 17.0. The Bertz CT molecular complexity index is 1140. The molecule has 1 aliphatic rings. The molecule has 5 heteroatoms. The van der Waals surface area contributed by atoms with Gasteiger partial charge in [0.2, 0.25) is 5.91 Å². The standard InChI is InChI=1S/C30H34N2O3/c1-4-5-7-16-29(33)32(24-12-8-6-9-13-24)28-21-22(2)31(27-15-11-10-14-26(27)28)30(34)23-17-19-25(35-3)20-18-23/h6,8-15,17-20,22,28H,4-5,7,16,21H2,1-3H3/t22-,28-/m1/s1. The van der Waals surface area contributed by atoms with Crippen LogP contribution in [-0.2, 0) is 4.79 Å². The summed E-state index contributed by atoms with van der Waals surface area (Å²) in [6, 6.07) is 24.9. The van der Waals surface area contributed by atoms with Crippen LogP contribution in [0.1, 0.15) is 67.9 Å². The van der Waals surface area contributed by atoms with Gasteiger partial charge in [-0.1, -0.05) is 56.2 Å². The molecule has 0 N–H and O–H groups in total. The van der Waals surface area contributed by atoms with Crippen molar-refractivity contribution in [3.05, 3.63) is 90.0 Å². The third-order valence-electron chi connectivity index (χ3n) is 6.73. The third-order valence-corrected chi connectivity index (χ3v) is 6.73. The first-order valence-electron chi connectivity index (χ1n) is 12.5. The lowest BCUT2D eigenvalue weighted by atomic mass is 9.89. The van der Waals surface area contributed by atoms with Gasteiger partial charge < -0.3 is 14.5 Å². The summed E-state index contributed by atoms with van der Waals surface area (Å²) in [7, 11) is 1.61. The molecular weight excluding hydrogens is 436 g/mol. The Kier molecular flexibility index (Phi) is 7.86. The number of hydrogen-bond donors (Lipinski definition) is 0. The number of nitrogens with zero attached hydrogens (tertiary/aromatic N) is 2. The average Bonchev–Trinajstić information content (AvgIpc) is 2.89. The lowest BCUT2D eigenvalue weighted by molar-refractivity contribution is -0.119. The summed E-state index contributed by atoms with van der Waals surface area (Å²) in [4.78, 5) is 31.0. The van der Waals surface area contributed by atoms with E-state index in [1.54, 1.807) is 19.2 Å². The van der Waals surface area contributed by atoms with E-state index in [1.165, 1.54) is 0 Å². The van der Waals surface area contributed by atoms with E-state index in [0.29, 0.717) is 24.2 Å². The number of benzene rings is 3. The van der Waals surface area contributed by atoms with Crippen molar-refractivity contribution >= 4 is 23.2 Å². The van der Waals surface area contributed by atoms with Crippen molar-refractivity contribution in [2.24, 2.45) is 0 Å². The highest BCUT2D eigenvalue weighted by Gasteiger charge is 2.38. The molecule has 0 spiro atoms. The molecule has 0 saturated heterocycles. The highest BCUT2D eigenvalue weighted by Crippen LogP contribution is 2.43. The van der Waals surface area contributed by atoms with E-state index >= 15 is 0 Å². The lowest BCUT2D eigenvalue weighted by Gasteiger charge is -2.43. The second kappa shape index (κ2) is 11.2. The van der Waals surface area contributed by atoms with Crippen LogP contribution in [0.2, 0.25) is 0 Å². The van der Waals surface area contributed by atoms with Gasteiger partial charge in [-0.2, -0.15) is 0 Å². The first-order valence-corrected chi connectivity index (χ1v) is 12.5. The van der Waals surface area contributed by atoms with Gasteiger partial charge in [0, 0.05) is 29.4 Å². The quantitative estimate of drug-likeness (QED) is 0.341. The van der Waals surface area contributed by atoms with Gasteiger partial charge in [-0.3, -0.25) is 9.59 Å². The van der Waals surface area contributed by atoms with Crippen molar-refractivity contribution < 1.29 is 14.3 Å². The van der Waals surface area contributed by atoms with Crippen LogP contribution in [0.3, 0.4) is 0 Å². The summed E-state index contributed by atoms with van der Waals surface area (Å²) in [5.74, 6) is 0.798. The molecule has 182 valence electrons. The highest BCUT2D eigenvalue weighted by molar-refractivity contribution is 6.07. The van der Waals surface area contributed by atoms with E-state index < -0.39 is 0 Å². The van der Waals surface area contributed by atoms with Crippen LogP contribution >= 0.6 is 0 Å². The number of hydrogen-bond acceptors (Lipinski definition) is 3. The van der Waals surface area contributed by atoms with Crippen molar-refractivity contribution in [2.45, 2.75) is 58.0 Å². The molecule has 1 heterocycles. The van der Waals surface area contributed by atoms with Crippen LogP contribution in [-0.4, -0.2) is 25.0 Å². The number of methoxy groups -OCH3 is 1. The Labute approximate surface area is 208 Å². The number of carbonyl (C=O) groups is 2. The molecule has 3 aromatic carbocycles. The summed E-state index contributed by atoms with van der Waals surface area (Å²) < 4.78 is 5.25. The van der Waals surface area contributed by atoms with Gasteiger partial charge >= 0.3 is 0 Å². The zero-order valence-electron chi connectivity index (χ0n) is 20.8. The maximum atomic E-state index is 13.6. The number of carbonyl (C=O) groups excluding carboxylic acids is 2. The van der Waals surface area contributed by atoms with Gasteiger partial charge in [0.1, 0.15) is 5.75 Å². The fourth-order valence-electron chi connectivity index (χ4n) is 4.94. The molecule has 2 amide bonds. The molecule has 0 fully saturated rings. The minimum absolute atomic E-state index is 0.0495. The molecule has 35 heavy (non-hydrogen) atoms. The van der Waals surface area contributed by atoms with E-state index in [1.807, 2.05) is 70.5 Å². The Morgan fingerprint density at radius 3 is 2.31 bits per heavy atom. The fraction of sp³-hybridized carbons (Fsp3) is 0.333. The number of anilines is 2. The maximum Gasteiger partial charge on any atom is 0.258 e. The summed E-state index contributed by atoms with van der Waals surface area (Å²) in [5.41, 5.74) is 3.37. The van der Waals surface area contributed by atoms with Crippen molar-refractivity contribution in [1.82, 2.24) is 0 Å². The Balaban J connectivity index is 1.72. The smallest absolute Gasteiger partial charge is 0.258 e. The molecule has 4 rings (SSSR count). The minimum atomic E-state index is -0.141. The zero-order valence-corrected chi connectivity index (χ0v) is 20.8. The minimum Gasteiger partial charge on any atom is -0.497 e. The van der Waals surface area contributed by atoms with Gasteiger partial charge in [-0.15, -0.1) is 0 Å². The number of fused-ring (bicyclic) bond motifs is 1. The van der Waals surface area contributed by atoms with Crippen molar-refractivity contribution in [1.29, 1.82) is 0 Å². The predicted octanol–water partition coefficient (Wildman–Crippen LogP) is 6.79. The number of ether oxygens (including phenoxy) is 1. The molecule has 0 bridgehead atoms. The number of rotatable bonds is 8. The van der Waals surface area contributed by atoms with Gasteiger partial charge in [-0.25, -0.2) is 0 Å². The zero-order chi connectivity index (χ0) is 24.8. The Morgan fingerprint density at radius 2 is 1.63 bits per heavy atom. The van der Waals surface area contributed by atoms with Crippen LogP contribution in [0.4, 0.5) is 11.4 Å². The van der Waals surface area contributed by atoms with Crippen LogP contribution in [0, 0.1) is 0 Å². The normalized spacial score (nSPS) is 16.9. The van der Waals surface area contributed by atoms with E-state index in [0.717, 1.165) is 36.2 Å². The van der Waals surface area contributed by atoms with Gasteiger partial charge in [0.05, 0.1) is 13.2 Å². The molecule has 0 radical (unpaired) electrons. The Morgan fingerprint density at radius 1 is 0.943 bits per heavy atom. The maximum absolute atomic E-state index is 13.6. The van der Waals surface area contributed by atoms with Crippen LogP contribution in [0.5, 0.6) is 5.75 Å². The molecule has 1 aliphatic heterocycles. The van der Waals surface area contributed by atoms with Crippen LogP contribution < -0.4 is 14.5 Å². The van der Waals surface area contributed by atoms with Crippen molar-refractivity contribution in [3.63, 3.8) is 0 Å². The first kappa shape index (κ1) is 24.5. The second-order valence-electron chi connectivity index (χ2n) is 9.12. The summed E-state index contributed by atoms with van der Waals surface area (Å²) in [6.45, 7) is 4.21. The Hall–Kier alpha value is -3.60. The molecule has 3 aromatic rings. The molecule has 0 saturated carbocycles.